The maximum absolute atomic E-state index is 12.3. The number of nitrogens with zero attached hydrogens (tertiary/aromatic N) is 3. The van der Waals surface area contributed by atoms with Crippen molar-refractivity contribution in [1.29, 1.82) is 5.26 Å². The minimum absolute atomic E-state index is 0.00938. The van der Waals surface area contributed by atoms with Gasteiger partial charge in [0.2, 0.25) is 10.0 Å². The number of halogens is 1. The van der Waals surface area contributed by atoms with Crippen molar-refractivity contribution in [2.45, 2.75) is 11.4 Å². The number of aromatic nitrogens is 1. The second-order valence-electron chi connectivity index (χ2n) is 5.17. The Balaban J connectivity index is 2.63. The molecule has 0 saturated heterocycles. The molecule has 0 radical (unpaired) electrons. The highest BCUT2D eigenvalue weighted by molar-refractivity contribution is 7.89. The van der Waals surface area contributed by atoms with Gasteiger partial charge in [-0.25, -0.2) is 12.7 Å². The Labute approximate surface area is 144 Å². The Morgan fingerprint density at radius 1 is 1.38 bits per heavy atom. The molecule has 0 saturated carbocycles. The van der Waals surface area contributed by atoms with Crippen molar-refractivity contribution in [2.24, 2.45) is 0 Å². The molecule has 0 bridgehead atoms. The highest BCUT2D eigenvalue weighted by Crippen LogP contribution is 2.30. The van der Waals surface area contributed by atoms with Crippen LogP contribution in [0, 0.1) is 11.3 Å². The monoisotopic (exact) mass is 367 g/mol. The summed E-state index contributed by atoms with van der Waals surface area (Å²) < 4.78 is 26.9. The fourth-order valence-electron chi connectivity index (χ4n) is 2.19. The van der Waals surface area contributed by atoms with Crippen molar-refractivity contribution >= 4 is 27.6 Å². The fraction of sp³-hybridized carbons (Fsp3) is 0.200. The quantitative estimate of drug-likeness (QED) is 0.870. The van der Waals surface area contributed by atoms with Gasteiger partial charge < -0.3 is 9.67 Å². The van der Waals surface area contributed by atoms with Gasteiger partial charge in [0.15, 0.2) is 0 Å². The number of sulfonamides is 1. The van der Waals surface area contributed by atoms with E-state index in [1.165, 1.54) is 43.1 Å². The molecule has 0 unspecified atom stereocenters. The largest absolute Gasteiger partial charge is 0.480 e. The molecule has 0 aliphatic heterocycles. The van der Waals surface area contributed by atoms with Crippen molar-refractivity contribution in [1.82, 2.24) is 8.87 Å². The number of nitriles is 1. The molecular weight excluding hydrogens is 354 g/mol. The number of benzene rings is 1. The molecule has 9 heteroatoms. The molecule has 0 spiro atoms. The lowest BCUT2D eigenvalue weighted by molar-refractivity contribution is -0.137. The summed E-state index contributed by atoms with van der Waals surface area (Å²) in [5.41, 5.74) is 0.952. The van der Waals surface area contributed by atoms with Gasteiger partial charge in [-0.1, -0.05) is 11.6 Å². The summed E-state index contributed by atoms with van der Waals surface area (Å²) in [7, 11) is -0.891. The molecule has 1 aromatic carbocycles. The molecule has 0 aliphatic rings. The van der Waals surface area contributed by atoms with Crippen LogP contribution in [0.2, 0.25) is 5.02 Å². The minimum Gasteiger partial charge on any atom is -0.480 e. The van der Waals surface area contributed by atoms with Crippen molar-refractivity contribution in [2.75, 3.05) is 14.1 Å². The molecule has 1 N–H and O–H groups in total. The topological polar surface area (TPSA) is 103 Å². The van der Waals surface area contributed by atoms with Gasteiger partial charge in [0.25, 0.3) is 0 Å². The summed E-state index contributed by atoms with van der Waals surface area (Å²) in [6, 6.07) is 7.75. The van der Waals surface area contributed by atoms with Crippen molar-refractivity contribution < 1.29 is 18.3 Å². The Morgan fingerprint density at radius 2 is 2.04 bits per heavy atom. The third-order valence-corrected chi connectivity index (χ3v) is 5.35. The van der Waals surface area contributed by atoms with Crippen LogP contribution in [0.4, 0.5) is 0 Å². The number of hydrogen-bond donors (Lipinski definition) is 1. The van der Waals surface area contributed by atoms with Gasteiger partial charge in [-0.2, -0.15) is 5.26 Å². The lowest BCUT2D eigenvalue weighted by Gasteiger charge is -2.13. The summed E-state index contributed by atoms with van der Waals surface area (Å²) in [6.07, 6.45) is 1.46. The molecule has 126 valence electrons. The predicted molar refractivity (Wildman–Crippen MR) is 88.1 cm³/mol. The van der Waals surface area contributed by atoms with E-state index in [9.17, 15) is 18.5 Å². The number of rotatable bonds is 5. The van der Waals surface area contributed by atoms with E-state index in [0.717, 1.165) is 4.31 Å². The average molecular weight is 368 g/mol. The van der Waals surface area contributed by atoms with Crippen molar-refractivity contribution in [3.63, 3.8) is 0 Å². The van der Waals surface area contributed by atoms with Crippen LogP contribution >= 0.6 is 11.6 Å². The van der Waals surface area contributed by atoms with Gasteiger partial charge in [-0.3, -0.25) is 4.79 Å². The second kappa shape index (κ2) is 6.65. The number of hydrogen-bond acceptors (Lipinski definition) is 4. The summed E-state index contributed by atoms with van der Waals surface area (Å²) in [6.45, 7) is -0.369. The number of aliphatic carboxylic acids is 1. The van der Waals surface area contributed by atoms with E-state index in [1.807, 2.05) is 6.07 Å². The third-order valence-electron chi connectivity index (χ3n) is 3.34. The molecule has 1 aromatic heterocycles. The SMILES string of the molecule is CN(C)S(=O)(=O)c1cc(Cl)cc(-c2ccn(CC(=O)O)c2C#N)c1. The maximum atomic E-state index is 12.3. The van der Waals surface area contributed by atoms with E-state index in [-0.39, 0.29) is 22.2 Å². The summed E-state index contributed by atoms with van der Waals surface area (Å²) in [5.74, 6) is -1.09. The lowest BCUT2D eigenvalue weighted by atomic mass is 10.1. The molecule has 2 aromatic rings. The summed E-state index contributed by atoms with van der Waals surface area (Å²) in [5, 5.41) is 18.4. The van der Waals surface area contributed by atoms with E-state index in [2.05, 4.69) is 0 Å². The Hall–Kier alpha value is -2.34. The van der Waals surface area contributed by atoms with Crippen LogP contribution in [-0.4, -0.2) is 42.5 Å². The Morgan fingerprint density at radius 3 is 2.58 bits per heavy atom. The highest BCUT2D eigenvalue weighted by atomic mass is 35.5. The van der Waals surface area contributed by atoms with Crippen LogP contribution in [-0.2, 0) is 21.4 Å². The van der Waals surface area contributed by atoms with Crippen LogP contribution in [0.1, 0.15) is 5.69 Å². The highest BCUT2D eigenvalue weighted by Gasteiger charge is 2.20. The van der Waals surface area contributed by atoms with Gasteiger partial charge in [-0.05, 0) is 29.8 Å². The zero-order valence-electron chi connectivity index (χ0n) is 12.9. The van der Waals surface area contributed by atoms with E-state index in [0.29, 0.717) is 11.1 Å². The molecule has 2 rings (SSSR count). The first kappa shape index (κ1) is 18.0. The van der Waals surface area contributed by atoms with Gasteiger partial charge in [-0.15, -0.1) is 0 Å². The van der Waals surface area contributed by atoms with Crippen LogP contribution in [0.15, 0.2) is 35.4 Å². The first-order valence-electron chi connectivity index (χ1n) is 6.71. The van der Waals surface area contributed by atoms with E-state index < -0.39 is 16.0 Å². The molecule has 7 nitrogen and oxygen atoms in total. The summed E-state index contributed by atoms with van der Waals surface area (Å²) >= 11 is 6.03. The maximum Gasteiger partial charge on any atom is 0.323 e. The van der Waals surface area contributed by atoms with E-state index in [1.54, 1.807) is 6.07 Å². The van der Waals surface area contributed by atoms with Gasteiger partial charge in [0.1, 0.15) is 18.3 Å². The molecule has 0 amide bonds. The van der Waals surface area contributed by atoms with Gasteiger partial charge in [0.05, 0.1) is 4.90 Å². The van der Waals surface area contributed by atoms with Crippen molar-refractivity contribution in [3.05, 3.63) is 41.2 Å². The average Bonchev–Trinajstić information content (AvgIpc) is 2.88. The van der Waals surface area contributed by atoms with Crippen LogP contribution in [0.25, 0.3) is 11.1 Å². The van der Waals surface area contributed by atoms with Crippen LogP contribution in [0.5, 0.6) is 0 Å². The lowest BCUT2D eigenvalue weighted by Crippen LogP contribution is -2.22. The first-order valence-corrected chi connectivity index (χ1v) is 8.53. The Bertz CT molecular complexity index is 942. The molecular formula is C15H14ClN3O4S. The van der Waals surface area contributed by atoms with Crippen molar-refractivity contribution in [3.8, 4) is 17.2 Å². The van der Waals surface area contributed by atoms with Crippen LogP contribution < -0.4 is 0 Å². The Kier molecular flexibility index (Phi) is 4.99. The molecule has 0 fully saturated rings. The molecule has 0 atom stereocenters. The smallest absolute Gasteiger partial charge is 0.323 e. The zero-order chi connectivity index (χ0) is 18.1. The van der Waals surface area contributed by atoms with E-state index >= 15 is 0 Å². The van der Waals surface area contributed by atoms with Gasteiger partial charge >= 0.3 is 5.97 Å². The molecule has 1 heterocycles. The summed E-state index contributed by atoms with van der Waals surface area (Å²) in [4.78, 5) is 10.9. The number of carbonyl (C=O) groups is 1. The van der Waals surface area contributed by atoms with E-state index in [4.69, 9.17) is 16.7 Å². The number of carboxylic acid groups (broad SMARTS) is 1. The fourth-order valence-corrected chi connectivity index (χ4v) is 3.46. The van der Waals surface area contributed by atoms with Crippen LogP contribution in [0.3, 0.4) is 0 Å². The number of carboxylic acids is 1. The molecule has 24 heavy (non-hydrogen) atoms. The zero-order valence-corrected chi connectivity index (χ0v) is 14.5. The predicted octanol–water partition coefficient (Wildman–Crippen LogP) is 2.02. The van der Waals surface area contributed by atoms with Gasteiger partial charge in [0, 0.05) is 30.9 Å². The third kappa shape index (κ3) is 3.43. The standard InChI is InChI=1S/C15H14ClN3O4S/c1-18(2)24(22,23)12-6-10(5-11(16)7-12)13-3-4-19(9-15(20)21)14(13)8-17/h3-7H,9H2,1-2H3,(H,20,21). The second-order valence-corrected chi connectivity index (χ2v) is 7.76. The minimum atomic E-state index is -3.70. The molecule has 0 aliphatic carbocycles. The normalized spacial score (nSPS) is 11.5. The first-order chi connectivity index (χ1) is 11.2.